The van der Waals surface area contributed by atoms with E-state index in [0.29, 0.717) is 6.42 Å². The lowest BCUT2D eigenvalue weighted by Gasteiger charge is -2.10. The third-order valence-corrected chi connectivity index (χ3v) is 2.48. The van der Waals surface area contributed by atoms with Crippen molar-refractivity contribution >= 4 is 0 Å². The van der Waals surface area contributed by atoms with Gasteiger partial charge in [-0.25, -0.2) is 4.98 Å². The lowest BCUT2D eigenvalue weighted by molar-refractivity contribution is 0.175. The Bertz CT molecular complexity index is 422. The lowest BCUT2D eigenvalue weighted by Crippen LogP contribution is -2.06. The second-order valence-electron chi connectivity index (χ2n) is 3.58. The molecule has 0 aliphatic rings. The molecule has 1 N–H and O–H groups in total. The van der Waals surface area contributed by atoms with E-state index in [9.17, 15) is 5.11 Å². The monoisotopic (exact) mass is 202 g/mol. The SMILES string of the molecule is Cn1ccnc1C[C@H](O)c1ccccc1. The predicted molar refractivity (Wildman–Crippen MR) is 58.3 cm³/mol. The first-order valence-corrected chi connectivity index (χ1v) is 4.96. The summed E-state index contributed by atoms with van der Waals surface area (Å²) < 4.78 is 1.92. The average Bonchev–Trinajstić information content (AvgIpc) is 2.66. The van der Waals surface area contributed by atoms with E-state index < -0.39 is 6.10 Å². The molecule has 1 aromatic carbocycles. The molecular formula is C12H14N2O. The highest BCUT2D eigenvalue weighted by atomic mass is 16.3. The molecule has 2 rings (SSSR count). The van der Waals surface area contributed by atoms with E-state index in [0.717, 1.165) is 11.4 Å². The number of hydrogen-bond acceptors (Lipinski definition) is 2. The number of aryl methyl sites for hydroxylation is 1. The van der Waals surface area contributed by atoms with E-state index in [-0.39, 0.29) is 0 Å². The largest absolute Gasteiger partial charge is 0.388 e. The van der Waals surface area contributed by atoms with Crippen molar-refractivity contribution in [3.8, 4) is 0 Å². The molecule has 3 nitrogen and oxygen atoms in total. The summed E-state index contributed by atoms with van der Waals surface area (Å²) in [7, 11) is 1.93. The Morgan fingerprint density at radius 3 is 2.67 bits per heavy atom. The van der Waals surface area contributed by atoms with Crippen molar-refractivity contribution in [2.24, 2.45) is 7.05 Å². The second kappa shape index (κ2) is 4.28. The first-order valence-electron chi connectivity index (χ1n) is 4.96. The maximum atomic E-state index is 9.96. The van der Waals surface area contributed by atoms with Crippen molar-refractivity contribution in [3.05, 3.63) is 54.1 Å². The summed E-state index contributed by atoms with van der Waals surface area (Å²) in [5.41, 5.74) is 0.931. The first kappa shape index (κ1) is 9.93. The fraction of sp³-hybridized carbons (Fsp3) is 0.250. The molecule has 0 radical (unpaired) electrons. The number of aromatic nitrogens is 2. The van der Waals surface area contributed by atoms with Crippen molar-refractivity contribution in [2.75, 3.05) is 0 Å². The van der Waals surface area contributed by atoms with Gasteiger partial charge in [-0.2, -0.15) is 0 Å². The number of imidazole rings is 1. The zero-order valence-corrected chi connectivity index (χ0v) is 8.67. The highest BCUT2D eigenvalue weighted by molar-refractivity contribution is 5.18. The van der Waals surface area contributed by atoms with Gasteiger partial charge in [-0.15, -0.1) is 0 Å². The fourth-order valence-electron chi connectivity index (χ4n) is 1.56. The zero-order chi connectivity index (χ0) is 10.7. The van der Waals surface area contributed by atoms with Crippen molar-refractivity contribution in [2.45, 2.75) is 12.5 Å². The van der Waals surface area contributed by atoms with Crippen LogP contribution in [0.15, 0.2) is 42.7 Å². The Labute approximate surface area is 89.0 Å². The van der Waals surface area contributed by atoms with Crippen LogP contribution in [-0.4, -0.2) is 14.7 Å². The fourth-order valence-corrected chi connectivity index (χ4v) is 1.56. The van der Waals surface area contributed by atoms with Gasteiger partial charge in [0.05, 0.1) is 6.10 Å². The maximum absolute atomic E-state index is 9.96. The average molecular weight is 202 g/mol. The van der Waals surface area contributed by atoms with E-state index in [1.807, 2.05) is 48.1 Å². The smallest absolute Gasteiger partial charge is 0.111 e. The number of hydrogen-bond donors (Lipinski definition) is 1. The number of nitrogens with zero attached hydrogens (tertiary/aromatic N) is 2. The van der Waals surface area contributed by atoms with Crippen LogP contribution in [0.25, 0.3) is 0 Å². The predicted octanol–water partition coefficient (Wildman–Crippen LogP) is 1.70. The number of aliphatic hydroxyl groups is 1. The molecule has 1 aromatic heterocycles. The molecule has 15 heavy (non-hydrogen) atoms. The highest BCUT2D eigenvalue weighted by Gasteiger charge is 2.10. The van der Waals surface area contributed by atoms with Gasteiger partial charge in [0.25, 0.3) is 0 Å². The van der Waals surface area contributed by atoms with Crippen molar-refractivity contribution < 1.29 is 5.11 Å². The lowest BCUT2D eigenvalue weighted by atomic mass is 10.1. The minimum absolute atomic E-state index is 0.479. The van der Waals surface area contributed by atoms with E-state index in [1.54, 1.807) is 6.20 Å². The molecule has 0 saturated heterocycles. The molecule has 0 spiro atoms. The summed E-state index contributed by atoms with van der Waals surface area (Å²) in [6.07, 6.45) is 3.69. The van der Waals surface area contributed by atoms with Crippen LogP contribution in [0.1, 0.15) is 17.5 Å². The zero-order valence-electron chi connectivity index (χ0n) is 8.67. The Kier molecular flexibility index (Phi) is 2.83. The van der Waals surface area contributed by atoms with Gasteiger partial charge in [-0.1, -0.05) is 30.3 Å². The van der Waals surface area contributed by atoms with Gasteiger partial charge in [0.1, 0.15) is 5.82 Å². The Balaban J connectivity index is 2.11. The second-order valence-corrected chi connectivity index (χ2v) is 3.58. The van der Waals surface area contributed by atoms with Crippen LogP contribution in [0, 0.1) is 0 Å². The van der Waals surface area contributed by atoms with Gasteiger partial charge in [-0.3, -0.25) is 0 Å². The van der Waals surface area contributed by atoms with Crippen LogP contribution in [0.2, 0.25) is 0 Å². The summed E-state index contributed by atoms with van der Waals surface area (Å²) in [5.74, 6) is 0.895. The van der Waals surface area contributed by atoms with E-state index >= 15 is 0 Å². The molecule has 0 fully saturated rings. The molecule has 0 unspecified atom stereocenters. The molecule has 0 saturated carbocycles. The van der Waals surface area contributed by atoms with Crippen LogP contribution in [0.4, 0.5) is 0 Å². The van der Waals surface area contributed by atoms with Crippen LogP contribution in [0.3, 0.4) is 0 Å². The molecule has 1 heterocycles. The topological polar surface area (TPSA) is 38.0 Å². The summed E-state index contributed by atoms with van der Waals surface area (Å²) in [6.45, 7) is 0. The molecule has 3 heteroatoms. The number of aliphatic hydroxyl groups excluding tert-OH is 1. The summed E-state index contributed by atoms with van der Waals surface area (Å²) >= 11 is 0. The van der Waals surface area contributed by atoms with Gasteiger partial charge in [-0.05, 0) is 5.56 Å². The van der Waals surface area contributed by atoms with Crippen LogP contribution < -0.4 is 0 Å². The summed E-state index contributed by atoms with van der Waals surface area (Å²) in [6, 6.07) is 9.64. The Morgan fingerprint density at radius 2 is 2.07 bits per heavy atom. The minimum Gasteiger partial charge on any atom is -0.388 e. The normalized spacial score (nSPS) is 12.7. The van der Waals surface area contributed by atoms with Gasteiger partial charge < -0.3 is 9.67 Å². The molecule has 1 atom stereocenters. The molecule has 0 bridgehead atoms. The van der Waals surface area contributed by atoms with Gasteiger partial charge in [0, 0.05) is 25.9 Å². The van der Waals surface area contributed by atoms with Crippen LogP contribution in [-0.2, 0) is 13.5 Å². The Morgan fingerprint density at radius 1 is 1.33 bits per heavy atom. The van der Waals surface area contributed by atoms with Gasteiger partial charge in [0.15, 0.2) is 0 Å². The molecule has 0 aliphatic carbocycles. The number of benzene rings is 1. The van der Waals surface area contributed by atoms with Gasteiger partial charge >= 0.3 is 0 Å². The maximum Gasteiger partial charge on any atom is 0.111 e. The molecule has 78 valence electrons. The molecule has 0 amide bonds. The van der Waals surface area contributed by atoms with E-state index in [2.05, 4.69) is 4.98 Å². The molecule has 2 aromatic rings. The third-order valence-electron chi connectivity index (χ3n) is 2.48. The van der Waals surface area contributed by atoms with Crippen LogP contribution >= 0.6 is 0 Å². The minimum atomic E-state index is -0.479. The first-order chi connectivity index (χ1) is 7.27. The van der Waals surface area contributed by atoms with Crippen molar-refractivity contribution in [3.63, 3.8) is 0 Å². The van der Waals surface area contributed by atoms with E-state index in [4.69, 9.17) is 0 Å². The molecular weight excluding hydrogens is 188 g/mol. The van der Waals surface area contributed by atoms with Gasteiger partial charge in [0.2, 0.25) is 0 Å². The van der Waals surface area contributed by atoms with Crippen molar-refractivity contribution in [1.29, 1.82) is 0 Å². The number of rotatable bonds is 3. The highest BCUT2D eigenvalue weighted by Crippen LogP contribution is 2.16. The van der Waals surface area contributed by atoms with Crippen molar-refractivity contribution in [1.82, 2.24) is 9.55 Å². The van der Waals surface area contributed by atoms with Crippen LogP contribution in [0.5, 0.6) is 0 Å². The summed E-state index contributed by atoms with van der Waals surface area (Å²) in [5, 5.41) is 9.96. The third kappa shape index (κ3) is 2.25. The quantitative estimate of drug-likeness (QED) is 0.822. The summed E-state index contributed by atoms with van der Waals surface area (Å²) in [4.78, 5) is 4.18. The molecule has 0 aliphatic heterocycles. The Hall–Kier alpha value is -1.61. The van der Waals surface area contributed by atoms with E-state index in [1.165, 1.54) is 0 Å². The standard InChI is InChI=1S/C12H14N2O/c1-14-8-7-13-12(14)9-11(15)10-5-3-2-4-6-10/h2-8,11,15H,9H2,1H3/t11-/m0/s1.